The van der Waals surface area contributed by atoms with Crippen LogP contribution in [-0.4, -0.2) is 44.3 Å². The van der Waals surface area contributed by atoms with Crippen LogP contribution in [0.5, 0.6) is 0 Å². The Morgan fingerprint density at radius 1 is 1.55 bits per heavy atom. The van der Waals surface area contributed by atoms with Gasteiger partial charge in [0, 0.05) is 18.5 Å². The van der Waals surface area contributed by atoms with E-state index in [1.165, 1.54) is 0 Å². The number of rotatable bonds is 1. The van der Waals surface area contributed by atoms with Crippen LogP contribution in [0.3, 0.4) is 0 Å². The summed E-state index contributed by atoms with van der Waals surface area (Å²) in [5.41, 5.74) is 5.67. The van der Waals surface area contributed by atoms with Crippen molar-refractivity contribution in [2.45, 2.75) is 6.04 Å². The average molecular weight is 156 g/mol. The Labute approximate surface area is 67.5 Å². The predicted molar refractivity (Wildman–Crippen MR) is 43.3 cm³/mol. The van der Waals surface area contributed by atoms with Crippen LogP contribution in [0.2, 0.25) is 0 Å². The molecule has 0 aromatic rings. The topological polar surface area (TPSA) is 38.5 Å². The zero-order chi connectivity index (χ0) is 7.84. The van der Waals surface area contributed by atoms with Gasteiger partial charge >= 0.3 is 0 Å². The Hall–Kier alpha value is -0.120. The molecule has 3 unspecified atom stereocenters. The molecule has 2 heterocycles. The molecule has 0 amide bonds. The second-order valence-corrected chi connectivity index (χ2v) is 3.70. The molecule has 2 rings (SSSR count). The first-order valence-corrected chi connectivity index (χ1v) is 4.31. The molecule has 0 bridgehead atoms. The molecular formula is C8H16N2O. The molecule has 3 heteroatoms. The summed E-state index contributed by atoms with van der Waals surface area (Å²) in [5, 5.41) is 0. The Morgan fingerprint density at radius 3 is 3.09 bits per heavy atom. The van der Waals surface area contributed by atoms with E-state index in [2.05, 4.69) is 11.9 Å². The van der Waals surface area contributed by atoms with Gasteiger partial charge in [-0.3, -0.25) is 0 Å². The quantitative estimate of drug-likeness (QED) is 0.557. The van der Waals surface area contributed by atoms with E-state index in [9.17, 15) is 0 Å². The molecule has 0 spiro atoms. The van der Waals surface area contributed by atoms with Crippen LogP contribution in [0.4, 0.5) is 0 Å². The molecule has 2 fully saturated rings. The molecular weight excluding hydrogens is 140 g/mol. The van der Waals surface area contributed by atoms with Crippen LogP contribution in [0.15, 0.2) is 0 Å². The summed E-state index contributed by atoms with van der Waals surface area (Å²) in [4.78, 5) is 2.38. The van der Waals surface area contributed by atoms with Crippen molar-refractivity contribution in [2.24, 2.45) is 17.6 Å². The predicted octanol–water partition coefficient (Wildman–Crippen LogP) is -0.478. The Bertz CT molecular complexity index is 151. The van der Waals surface area contributed by atoms with Gasteiger partial charge in [-0.05, 0) is 19.5 Å². The number of likely N-dealkylation sites (N-methyl/N-ethyl adjacent to an activating group) is 1. The lowest BCUT2D eigenvalue weighted by molar-refractivity contribution is 0.147. The molecule has 0 aromatic heterocycles. The largest absolute Gasteiger partial charge is 0.379 e. The van der Waals surface area contributed by atoms with E-state index in [0.29, 0.717) is 17.9 Å². The first kappa shape index (κ1) is 7.53. The third-order valence-electron chi connectivity index (χ3n) is 3.09. The maximum absolute atomic E-state index is 5.67. The third kappa shape index (κ3) is 1.08. The zero-order valence-electron chi connectivity index (χ0n) is 6.99. The molecule has 11 heavy (non-hydrogen) atoms. The average Bonchev–Trinajstić information content (AvgIpc) is 2.54. The molecule has 0 saturated carbocycles. The molecule has 2 aliphatic rings. The lowest BCUT2D eigenvalue weighted by atomic mass is 9.93. The highest BCUT2D eigenvalue weighted by Gasteiger charge is 2.42. The third-order valence-corrected chi connectivity index (χ3v) is 3.09. The fourth-order valence-electron chi connectivity index (χ4n) is 2.35. The fourth-order valence-corrected chi connectivity index (χ4v) is 2.35. The van der Waals surface area contributed by atoms with Crippen molar-refractivity contribution in [3.05, 3.63) is 0 Å². The molecule has 0 aromatic carbocycles. The van der Waals surface area contributed by atoms with Gasteiger partial charge < -0.3 is 15.4 Å². The molecule has 64 valence electrons. The van der Waals surface area contributed by atoms with Crippen LogP contribution < -0.4 is 5.73 Å². The van der Waals surface area contributed by atoms with Crippen molar-refractivity contribution < 1.29 is 4.74 Å². The zero-order valence-corrected chi connectivity index (χ0v) is 6.99. The van der Waals surface area contributed by atoms with E-state index < -0.39 is 0 Å². The molecule has 2 aliphatic heterocycles. The van der Waals surface area contributed by atoms with Crippen molar-refractivity contribution >= 4 is 0 Å². The van der Waals surface area contributed by atoms with E-state index >= 15 is 0 Å². The minimum Gasteiger partial charge on any atom is -0.379 e. The van der Waals surface area contributed by atoms with E-state index in [1.807, 2.05) is 0 Å². The van der Waals surface area contributed by atoms with Gasteiger partial charge in [0.25, 0.3) is 0 Å². The summed E-state index contributed by atoms with van der Waals surface area (Å²) in [6.07, 6.45) is 0. The Balaban J connectivity index is 2.07. The standard InChI is InChI=1S/C8H16N2O/c1-10-3-6(2-9)7-4-11-5-8(7)10/h6-8H,2-5,9H2,1H3. The molecule has 2 saturated heterocycles. The van der Waals surface area contributed by atoms with Crippen LogP contribution >= 0.6 is 0 Å². The highest BCUT2D eigenvalue weighted by molar-refractivity contribution is 4.94. The van der Waals surface area contributed by atoms with Gasteiger partial charge in [0.1, 0.15) is 0 Å². The lowest BCUT2D eigenvalue weighted by Gasteiger charge is -2.15. The number of fused-ring (bicyclic) bond motifs is 1. The van der Waals surface area contributed by atoms with Crippen LogP contribution in [0.25, 0.3) is 0 Å². The van der Waals surface area contributed by atoms with Gasteiger partial charge in [-0.25, -0.2) is 0 Å². The fraction of sp³-hybridized carbons (Fsp3) is 1.00. The summed E-state index contributed by atoms with van der Waals surface area (Å²) in [6, 6.07) is 0.656. The highest BCUT2D eigenvalue weighted by atomic mass is 16.5. The van der Waals surface area contributed by atoms with Crippen molar-refractivity contribution in [3.8, 4) is 0 Å². The molecule has 2 N–H and O–H groups in total. The van der Waals surface area contributed by atoms with E-state index in [4.69, 9.17) is 10.5 Å². The number of nitrogens with zero attached hydrogens (tertiary/aromatic N) is 1. The smallest absolute Gasteiger partial charge is 0.0625 e. The molecule has 0 aliphatic carbocycles. The van der Waals surface area contributed by atoms with Crippen LogP contribution in [0.1, 0.15) is 0 Å². The number of ether oxygens (including phenoxy) is 1. The minimum absolute atomic E-state index is 0.656. The maximum atomic E-state index is 5.67. The van der Waals surface area contributed by atoms with E-state index in [1.54, 1.807) is 0 Å². The van der Waals surface area contributed by atoms with Crippen molar-refractivity contribution in [2.75, 3.05) is 33.4 Å². The summed E-state index contributed by atoms with van der Waals surface area (Å²) in [7, 11) is 2.17. The van der Waals surface area contributed by atoms with Gasteiger partial charge in [-0.2, -0.15) is 0 Å². The Morgan fingerprint density at radius 2 is 2.36 bits per heavy atom. The first-order chi connectivity index (χ1) is 5.33. The van der Waals surface area contributed by atoms with Crippen molar-refractivity contribution in [1.82, 2.24) is 4.90 Å². The van der Waals surface area contributed by atoms with Gasteiger partial charge in [0.05, 0.1) is 13.2 Å². The molecule has 0 radical (unpaired) electrons. The van der Waals surface area contributed by atoms with Crippen molar-refractivity contribution in [3.63, 3.8) is 0 Å². The van der Waals surface area contributed by atoms with Gasteiger partial charge in [-0.1, -0.05) is 0 Å². The number of hydrogen-bond acceptors (Lipinski definition) is 3. The SMILES string of the molecule is CN1CC(CN)C2COCC21. The minimum atomic E-state index is 0.656. The first-order valence-electron chi connectivity index (χ1n) is 4.31. The van der Waals surface area contributed by atoms with Crippen molar-refractivity contribution in [1.29, 1.82) is 0 Å². The molecule has 3 nitrogen and oxygen atoms in total. The summed E-state index contributed by atoms with van der Waals surface area (Å²) >= 11 is 0. The summed E-state index contributed by atoms with van der Waals surface area (Å²) in [6.45, 7) is 3.82. The van der Waals surface area contributed by atoms with Gasteiger partial charge in [0.2, 0.25) is 0 Å². The van der Waals surface area contributed by atoms with Gasteiger partial charge in [0.15, 0.2) is 0 Å². The number of nitrogens with two attached hydrogens (primary N) is 1. The monoisotopic (exact) mass is 156 g/mol. The summed E-state index contributed by atoms with van der Waals surface area (Å²) < 4.78 is 5.42. The number of likely N-dealkylation sites (tertiary alicyclic amines) is 1. The van der Waals surface area contributed by atoms with E-state index in [-0.39, 0.29) is 0 Å². The normalized spacial score (nSPS) is 44.7. The van der Waals surface area contributed by atoms with E-state index in [0.717, 1.165) is 26.3 Å². The second-order valence-electron chi connectivity index (χ2n) is 3.70. The highest BCUT2D eigenvalue weighted by Crippen LogP contribution is 2.32. The molecule has 3 atom stereocenters. The summed E-state index contributed by atoms with van der Waals surface area (Å²) in [5.74, 6) is 1.39. The lowest BCUT2D eigenvalue weighted by Crippen LogP contribution is -2.28. The second kappa shape index (κ2) is 2.73. The number of hydrogen-bond donors (Lipinski definition) is 1. The van der Waals surface area contributed by atoms with Crippen LogP contribution in [0, 0.1) is 11.8 Å². The van der Waals surface area contributed by atoms with Crippen LogP contribution in [-0.2, 0) is 4.74 Å². The Kier molecular flexibility index (Phi) is 1.87. The van der Waals surface area contributed by atoms with Gasteiger partial charge in [-0.15, -0.1) is 0 Å². The maximum Gasteiger partial charge on any atom is 0.0625 e.